The smallest absolute Gasteiger partial charge is 0.225 e. The lowest BCUT2D eigenvalue weighted by Crippen LogP contribution is -2.36. The second kappa shape index (κ2) is 4.24. The molecule has 5 nitrogen and oxygen atoms in total. The van der Waals surface area contributed by atoms with Gasteiger partial charge in [0.1, 0.15) is 5.65 Å². The van der Waals surface area contributed by atoms with Crippen molar-refractivity contribution in [3.05, 3.63) is 24.7 Å². The lowest BCUT2D eigenvalue weighted by molar-refractivity contribution is -0.128. The van der Waals surface area contributed by atoms with E-state index in [9.17, 15) is 4.79 Å². The van der Waals surface area contributed by atoms with Crippen LogP contribution in [0.4, 0.5) is 0 Å². The van der Waals surface area contributed by atoms with Crippen molar-refractivity contribution in [1.82, 2.24) is 19.5 Å². The summed E-state index contributed by atoms with van der Waals surface area (Å²) in [6.07, 6.45) is 5.63. The quantitative estimate of drug-likeness (QED) is 0.870. The van der Waals surface area contributed by atoms with Crippen LogP contribution in [-0.2, 0) is 11.3 Å². The standard InChI is InChI=1S/C12H18N4O/c1-12(2,3)11(17)13-6-7-15-8-9-16-10(15)4-5-14-16/h4-5,8-9H,6-7H2,1-3H3,(H,13,17). The molecule has 0 unspecified atom stereocenters. The van der Waals surface area contributed by atoms with Gasteiger partial charge in [0.25, 0.3) is 0 Å². The van der Waals surface area contributed by atoms with Crippen LogP contribution in [-0.4, -0.2) is 26.6 Å². The van der Waals surface area contributed by atoms with Gasteiger partial charge in [-0.25, -0.2) is 4.52 Å². The minimum Gasteiger partial charge on any atom is -0.354 e. The van der Waals surface area contributed by atoms with Gasteiger partial charge in [-0.3, -0.25) is 4.79 Å². The van der Waals surface area contributed by atoms with Gasteiger partial charge in [-0.15, -0.1) is 0 Å². The van der Waals surface area contributed by atoms with Crippen molar-refractivity contribution in [3.63, 3.8) is 0 Å². The largest absolute Gasteiger partial charge is 0.354 e. The molecule has 0 aliphatic carbocycles. The lowest BCUT2D eigenvalue weighted by Gasteiger charge is -2.17. The Morgan fingerprint density at radius 1 is 1.41 bits per heavy atom. The van der Waals surface area contributed by atoms with E-state index >= 15 is 0 Å². The highest BCUT2D eigenvalue weighted by Gasteiger charge is 2.20. The predicted molar refractivity (Wildman–Crippen MR) is 65.6 cm³/mol. The maximum atomic E-state index is 11.7. The number of rotatable bonds is 3. The van der Waals surface area contributed by atoms with Crippen LogP contribution in [0.2, 0.25) is 0 Å². The van der Waals surface area contributed by atoms with Crippen molar-refractivity contribution in [2.24, 2.45) is 5.41 Å². The molecule has 1 amide bonds. The van der Waals surface area contributed by atoms with Gasteiger partial charge in [0.05, 0.1) is 6.20 Å². The fraction of sp³-hybridized carbons (Fsp3) is 0.500. The number of carbonyl (C=O) groups excluding carboxylic acids is 1. The third kappa shape index (κ3) is 2.49. The molecular weight excluding hydrogens is 216 g/mol. The van der Waals surface area contributed by atoms with Gasteiger partial charge in [-0.2, -0.15) is 5.10 Å². The van der Waals surface area contributed by atoms with E-state index in [1.165, 1.54) is 0 Å². The number of aromatic nitrogens is 3. The van der Waals surface area contributed by atoms with Crippen LogP contribution in [0.15, 0.2) is 24.7 Å². The highest BCUT2D eigenvalue weighted by atomic mass is 16.2. The first-order valence-corrected chi connectivity index (χ1v) is 5.75. The second-order valence-corrected chi connectivity index (χ2v) is 5.13. The van der Waals surface area contributed by atoms with Gasteiger partial charge >= 0.3 is 0 Å². The number of hydrogen-bond acceptors (Lipinski definition) is 2. The molecule has 2 aromatic heterocycles. The molecule has 0 aliphatic heterocycles. The van der Waals surface area contributed by atoms with E-state index in [2.05, 4.69) is 15.0 Å². The van der Waals surface area contributed by atoms with E-state index in [4.69, 9.17) is 0 Å². The minimum atomic E-state index is -0.331. The summed E-state index contributed by atoms with van der Waals surface area (Å²) in [6.45, 7) is 7.11. The zero-order valence-electron chi connectivity index (χ0n) is 10.5. The predicted octanol–water partition coefficient (Wildman–Crippen LogP) is 1.30. The topological polar surface area (TPSA) is 51.3 Å². The van der Waals surface area contributed by atoms with Gasteiger partial charge in [-0.1, -0.05) is 20.8 Å². The Hall–Kier alpha value is -1.78. The molecular formula is C12H18N4O. The molecule has 0 aromatic carbocycles. The second-order valence-electron chi connectivity index (χ2n) is 5.13. The van der Waals surface area contributed by atoms with Crippen LogP contribution in [0, 0.1) is 5.41 Å². The average Bonchev–Trinajstić information content (AvgIpc) is 2.80. The summed E-state index contributed by atoms with van der Waals surface area (Å²) in [5.74, 6) is 0.0779. The minimum absolute atomic E-state index is 0.0779. The zero-order valence-corrected chi connectivity index (χ0v) is 10.5. The summed E-state index contributed by atoms with van der Waals surface area (Å²) in [5, 5.41) is 7.06. The molecule has 2 aromatic rings. The van der Waals surface area contributed by atoms with Gasteiger partial charge in [0.15, 0.2) is 0 Å². The summed E-state index contributed by atoms with van der Waals surface area (Å²) in [7, 11) is 0. The van der Waals surface area contributed by atoms with Gasteiger partial charge in [-0.05, 0) is 0 Å². The van der Waals surface area contributed by atoms with Crippen molar-refractivity contribution < 1.29 is 4.79 Å². The maximum Gasteiger partial charge on any atom is 0.225 e. The first kappa shape index (κ1) is 11.7. The first-order valence-electron chi connectivity index (χ1n) is 5.75. The zero-order chi connectivity index (χ0) is 12.5. The molecule has 0 spiro atoms. The Kier molecular flexibility index (Phi) is 2.92. The van der Waals surface area contributed by atoms with Crippen LogP contribution in [0.25, 0.3) is 5.65 Å². The number of hydrogen-bond donors (Lipinski definition) is 1. The highest BCUT2D eigenvalue weighted by molar-refractivity contribution is 5.81. The normalized spacial score (nSPS) is 11.9. The first-order chi connectivity index (χ1) is 7.98. The molecule has 5 heteroatoms. The van der Waals surface area contributed by atoms with Crippen molar-refractivity contribution in [1.29, 1.82) is 0 Å². The molecule has 0 saturated carbocycles. The number of fused-ring (bicyclic) bond motifs is 1. The van der Waals surface area contributed by atoms with E-state index in [1.54, 1.807) is 6.20 Å². The SMILES string of the molecule is CC(C)(C)C(=O)NCCn1ccn2nccc12. The summed E-state index contributed by atoms with van der Waals surface area (Å²) in [6, 6.07) is 1.95. The van der Waals surface area contributed by atoms with Gasteiger partial charge in [0.2, 0.25) is 5.91 Å². The Balaban J connectivity index is 1.92. The number of imidazole rings is 1. The number of amides is 1. The van der Waals surface area contributed by atoms with E-state index in [0.29, 0.717) is 6.54 Å². The molecule has 0 radical (unpaired) electrons. The lowest BCUT2D eigenvalue weighted by atomic mass is 9.96. The summed E-state index contributed by atoms with van der Waals surface area (Å²) in [4.78, 5) is 11.7. The van der Waals surface area contributed by atoms with E-state index in [0.717, 1.165) is 12.2 Å². The monoisotopic (exact) mass is 234 g/mol. The van der Waals surface area contributed by atoms with Gasteiger partial charge in [0, 0.05) is 37.0 Å². The number of nitrogens with one attached hydrogen (secondary N) is 1. The summed E-state index contributed by atoms with van der Waals surface area (Å²) in [5.41, 5.74) is 0.706. The van der Waals surface area contributed by atoms with Crippen LogP contribution >= 0.6 is 0 Å². The molecule has 2 rings (SSSR count). The average molecular weight is 234 g/mol. The molecule has 0 bridgehead atoms. The third-order valence-corrected chi connectivity index (χ3v) is 2.65. The fourth-order valence-corrected chi connectivity index (χ4v) is 1.61. The molecule has 17 heavy (non-hydrogen) atoms. The molecule has 0 aliphatic rings. The Morgan fingerprint density at radius 3 is 2.88 bits per heavy atom. The van der Waals surface area contributed by atoms with E-state index in [-0.39, 0.29) is 11.3 Å². The van der Waals surface area contributed by atoms with Crippen LogP contribution < -0.4 is 5.32 Å². The van der Waals surface area contributed by atoms with E-state index in [1.807, 2.05) is 43.7 Å². The molecule has 92 valence electrons. The van der Waals surface area contributed by atoms with Gasteiger partial charge < -0.3 is 9.88 Å². The van der Waals surface area contributed by atoms with Crippen LogP contribution in [0.1, 0.15) is 20.8 Å². The van der Waals surface area contributed by atoms with Crippen molar-refractivity contribution in [2.75, 3.05) is 6.54 Å². The molecule has 0 fully saturated rings. The third-order valence-electron chi connectivity index (χ3n) is 2.65. The van der Waals surface area contributed by atoms with Crippen LogP contribution in [0.3, 0.4) is 0 Å². The molecule has 2 heterocycles. The Bertz CT molecular complexity index is 518. The number of carbonyl (C=O) groups is 1. The molecule has 1 N–H and O–H groups in total. The fourth-order valence-electron chi connectivity index (χ4n) is 1.61. The van der Waals surface area contributed by atoms with Crippen molar-refractivity contribution in [2.45, 2.75) is 27.3 Å². The Morgan fingerprint density at radius 2 is 2.18 bits per heavy atom. The molecule has 0 saturated heterocycles. The summed E-state index contributed by atoms with van der Waals surface area (Å²) >= 11 is 0. The number of nitrogens with zero attached hydrogens (tertiary/aromatic N) is 3. The van der Waals surface area contributed by atoms with Crippen LogP contribution in [0.5, 0.6) is 0 Å². The highest BCUT2D eigenvalue weighted by Crippen LogP contribution is 2.12. The molecule has 0 atom stereocenters. The maximum absolute atomic E-state index is 11.7. The summed E-state index contributed by atoms with van der Waals surface area (Å²) < 4.78 is 3.88. The Labute approximate surface area is 100 Å². The van der Waals surface area contributed by atoms with Crippen molar-refractivity contribution in [3.8, 4) is 0 Å². The van der Waals surface area contributed by atoms with Crippen molar-refractivity contribution >= 4 is 11.6 Å². The van der Waals surface area contributed by atoms with E-state index < -0.39 is 0 Å².